The van der Waals surface area contributed by atoms with Crippen molar-refractivity contribution in [3.8, 4) is 56.0 Å². The molecule has 0 fully saturated rings. The fraction of sp³-hybridized carbons (Fsp3) is 0.0357. The summed E-state index contributed by atoms with van der Waals surface area (Å²) in [6, 6.07) is 80.4. The van der Waals surface area contributed by atoms with Gasteiger partial charge < -0.3 is 4.74 Å². The van der Waals surface area contributed by atoms with Gasteiger partial charge in [-0.2, -0.15) is 0 Å². The summed E-state index contributed by atoms with van der Waals surface area (Å²) >= 11 is 0. The van der Waals surface area contributed by atoms with Gasteiger partial charge in [0.05, 0.1) is 10.8 Å². The molecule has 0 saturated carbocycles. The molecule has 0 aromatic heterocycles. The van der Waals surface area contributed by atoms with Crippen molar-refractivity contribution in [1.82, 2.24) is 0 Å². The highest BCUT2D eigenvalue weighted by Crippen LogP contribution is 2.62. The lowest BCUT2D eigenvalue weighted by atomic mass is 9.66. The summed E-state index contributed by atoms with van der Waals surface area (Å²) in [4.78, 5) is 0. The van der Waals surface area contributed by atoms with Gasteiger partial charge in [0.25, 0.3) is 0 Å². The maximum Gasteiger partial charge on any atom is 0.132 e. The minimum Gasteiger partial charge on any atom is -0.457 e. The molecule has 0 radical (unpaired) electrons. The van der Waals surface area contributed by atoms with Gasteiger partial charge in [-0.05, 0) is 108 Å². The second-order valence-electron chi connectivity index (χ2n) is 15.5. The quantitative estimate of drug-likeness (QED) is 0.176. The predicted octanol–water partition coefficient (Wildman–Crippen LogP) is 13.9. The first kappa shape index (κ1) is 32.1. The molecule has 0 bridgehead atoms. The molecule has 0 saturated heterocycles. The van der Waals surface area contributed by atoms with Crippen molar-refractivity contribution >= 4 is 0 Å². The van der Waals surface area contributed by atoms with Crippen LogP contribution in [0.15, 0.2) is 218 Å². The van der Waals surface area contributed by atoms with E-state index < -0.39 is 10.8 Å². The molecule has 1 nitrogen and oxygen atoms in total. The van der Waals surface area contributed by atoms with Crippen molar-refractivity contribution < 1.29 is 4.74 Å². The minimum absolute atomic E-state index is 0.445. The lowest BCUT2D eigenvalue weighted by Gasteiger charge is -2.39. The van der Waals surface area contributed by atoms with E-state index in [0.717, 1.165) is 17.1 Å². The molecule has 266 valence electrons. The van der Waals surface area contributed by atoms with Gasteiger partial charge in [0, 0.05) is 11.1 Å². The maximum absolute atomic E-state index is 6.74. The van der Waals surface area contributed by atoms with E-state index in [9.17, 15) is 0 Å². The summed E-state index contributed by atoms with van der Waals surface area (Å²) in [6.07, 6.45) is 0. The van der Waals surface area contributed by atoms with Crippen molar-refractivity contribution in [1.29, 1.82) is 0 Å². The standard InChI is InChI=1S/C56H36O/c1-3-18-41(19-4-1)55(42-20-5-2-6-21-42)47-25-10-7-24-45(47)46-32-30-39(35-51(46)55)37-16-15-17-38(34-37)40-31-33-54-52(36-40)56(50-28-13-14-29-53(50)57-54)48-26-11-8-22-43(48)44-23-9-12-27-49(44)56/h1-36H. The summed E-state index contributed by atoms with van der Waals surface area (Å²) in [6.45, 7) is 0. The maximum atomic E-state index is 6.74. The molecule has 1 aliphatic heterocycles. The number of ether oxygens (including phenoxy) is 1. The zero-order chi connectivity index (χ0) is 37.6. The highest BCUT2D eigenvalue weighted by molar-refractivity contribution is 5.91. The molecule has 57 heavy (non-hydrogen) atoms. The van der Waals surface area contributed by atoms with Crippen molar-refractivity contribution in [2.75, 3.05) is 0 Å². The summed E-state index contributed by atoms with van der Waals surface area (Å²) in [5.41, 5.74) is 19.1. The summed E-state index contributed by atoms with van der Waals surface area (Å²) in [5, 5.41) is 0. The van der Waals surface area contributed by atoms with Crippen LogP contribution in [0.4, 0.5) is 0 Å². The Morgan fingerprint density at radius 3 is 1.26 bits per heavy atom. The second kappa shape index (κ2) is 12.1. The first-order valence-corrected chi connectivity index (χ1v) is 19.8. The number of para-hydroxylation sites is 1. The third kappa shape index (κ3) is 4.34. The molecule has 3 aliphatic rings. The Kier molecular flexibility index (Phi) is 6.83. The van der Waals surface area contributed by atoms with Crippen molar-refractivity contribution in [3.63, 3.8) is 0 Å². The van der Waals surface area contributed by atoms with Crippen LogP contribution in [0.25, 0.3) is 44.5 Å². The van der Waals surface area contributed by atoms with Crippen molar-refractivity contribution in [2.24, 2.45) is 0 Å². The fourth-order valence-corrected chi connectivity index (χ4v) is 10.5. The number of rotatable bonds is 4. The molecule has 9 aromatic carbocycles. The monoisotopic (exact) mass is 724 g/mol. The number of fused-ring (bicyclic) bond motifs is 12. The van der Waals surface area contributed by atoms with Gasteiger partial charge >= 0.3 is 0 Å². The molecule has 1 heteroatoms. The highest BCUT2D eigenvalue weighted by atomic mass is 16.5. The molecule has 1 heterocycles. The van der Waals surface area contributed by atoms with Gasteiger partial charge in [-0.25, -0.2) is 0 Å². The molecule has 0 atom stereocenters. The van der Waals surface area contributed by atoms with E-state index in [0.29, 0.717) is 0 Å². The number of hydrogen-bond donors (Lipinski definition) is 0. The van der Waals surface area contributed by atoms with E-state index in [4.69, 9.17) is 4.74 Å². The molecular weight excluding hydrogens is 689 g/mol. The molecular formula is C56H36O. The first-order valence-electron chi connectivity index (χ1n) is 19.8. The van der Waals surface area contributed by atoms with Crippen LogP contribution in [0.2, 0.25) is 0 Å². The van der Waals surface area contributed by atoms with Gasteiger partial charge in [-0.1, -0.05) is 188 Å². The molecule has 1 spiro atoms. The smallest absolute Gasteiger partial charge is 0.132 e. The third-order valence-corrected chi connectivity index (χ3v) is 12.8. The van der Waals surface area contributed by atoms with Gasteiger partial charge in [-0.15, -0.1) is 0 Å². The van der Waals surface area contributed by atoms with E-state index >= 15 is 0 Å². The van der Waals surface area contributed by atoms with Gasteiger partial charge in [0.1, 0.15) is 11.5 Å². The van der Waals surface area contributed by atoms with Crippen LogP contribution >= 0.6 is 0 Å². The van der Waals surface area contributed by atoms with Gasteiger partial charge in [-0.3, -0.25) is 0 Å². The van der Waals surface area contributed by atoms with E-state index in [1.54, 1.807) is 0 Å². The SMILES string of the molecule is c1ccc(C2(c3ccccc3)c3ccccc3-c3ccc(-c4cccc(-c5ccc6c(c5)C5(c7ccccc7O6)c6ccccc6-c6ccccc65)c4)cc32)cc1. The summed E-state index contributed by atoms with van der Waals surface area (Å²) < 4.78 is 6.74. The zero-order valence-electron chi connectivity index (χ0n) is 31.2. The predicted molar refractivity (Wildman–Crippen MR) is 232 cm³/mol. The van der Waals surface area contributed by atoms with Gasteiger partial charge in [0.15, 0.2) is 0 Å². The van der Waals surface area contributed by atoms with Gasteiger partial charge in [0.2, 0.25) is 0 Å². The average Bonchev–Trinajstić information content (AvgIpc) is 3.75. The lowest BCUT2D eigenvalue weighted by Crippen LogP contribution is -2.32. The molecule has 12 rings (SSSR count). The van der Waals surface area contributed by atoms with E-state index in [1.165, 1.54) is 83.5 Å². The Balaban J connectivity index is 1.04. The Labute approximate surface area is 333 Å². The summed E-state index contributed by atoms with van der Waals surface area (Å²) in [5.74, 6) is 1.81. The lowest BCUT2D eigenvalue weighted by molar-refractivity contribution is 0.436. The van der Waals surface area contributed by atoms with E-state index in [2.05, 4.69) is 218 Å². The van der Waals surface area contributed by atoms with Crippen LogP contribution < -0.4 is 4.74 Å². The van der Waals surface area contributed by atoms with Crippen LogP contribution in [0.5, 0.6) is 11.5 Å². The second-order valence-corrected chi connectivity index (χ2v) is 15.5. The molecule has 0 unspecified atom stereocenters. The zero-order valence-corrected chi connectivity index (χ0v) is 31.2. The Morgan fingerprint density at radius 2 is 0.667 bits per heavy atom. The van der Waals surface area contributed by atoms with E-state index in [1.807, 2.05) is 0 Å². The molecule has 0 amide bonds. The number of hydrogen-bond acceptors (Lipinski definition) is 1. The van der Waals surface area contributed by atoms with Crippen LogP contribution in [0.3, 0.4) is 0 Å². The van der Waals surface area contributed by atoms with Crippen LogP contribution in [0, 0.1) is 0 Å². The molecule has 0 N–H and O–H groups in total. The first-order chi connectivity index (χ1) is 28.3. The Hall–Kier alpha value is -7.22. The topological polar surface area (TPSA) is 9.23 Å². The number of benzene rings is 9. The normalized spacial score (nSPS) is 14.4. The molecule has 2 aliphatic carbocycles. The van der Waals surface area contributed by atoms with Crippen molar-refractivity contribution in [3.05, 3.63) is 263 Å². The van der Waals surface area contributed by atoms with Crippen molar-refractivity contribution in [2.45, 2.75) is 10.8 Å². The highest BCUT2D eigenvalue weighted by Gasteiger charge is 2.51. The van der Waals surface area contributed by atoms with Crippen LogP contribution in [-0.4, -0.2) is 0 Å². The molecule has 9 aromatic rings. The summed E-state index contributed by atoms with van der Waals surface area (Å²) in [7, 11) is 0. The Morgan fingerprint density at radius 1 is 0.246 bits per heavy atom. The van der Waals surface area contributed by atoms with E-state index in [-0.39, 0.29) is 0 Å². The van der Waals surface area contributed by atoms with Crippen LogP contribution in [-0.2, 0) is 10.8 Å². The fourth-order valence-electron chi connectivity index (χ4n) is 10.5. The largest absolute Gasteiger partial charge is 0.457 e. The third-order valence-electron chi connectivity index (χ3n) is 12.8. The van der Waals surface area contributed by atoms with Crippen LogP contribution in [0.1, 0.15) is 44.5 Å². The average molecular weight is 725 g/mol. The Bertz CT molecular complexity index is 2960. The minimum atomic E-state index is -0.502.